The number of thioether (sulfide) groups is 1. The van der Waals surface area contributed by atoms with Crippen LogP contribution in [0.5, 0.6) is 0 Å². The van der Waals surface area contributed by atoms with E-state index in [0.29, 0.717) is 11.4 Å². The van der Waals surface area contributed by atoms with Crippen LogP contribution in [0.3, 0.4) is 0 Å². The summed E-state index contributed by atoms with van der Waals surface area (Å²) < 4.78 is 1.84. The van der Waals surface area contributed by atoms with E-state index >= 15 is 0 Å². The van der Waals surface area contributed by atoms with Gasteiger partial charge in [0.15, 0.2) is 4.34 Å². The molecule has 0 unspecified atom stereocenters. The summed E-state index contributed by atoms with van der Waals surface area (Å²) in [5.74, 6) is -0.647. The number of rotatable bonds is 4. The minimum Gasteiger partial charge on any atom is -0.326 e. The van der Waals surface area contributed by atoms with Gasteiger partial charge in [0.2, 0.25) is 17.7 Å². The number of nitrogens with one attached hydrogen (secondary N) is 1. The third-order valence-corrected chi connectivity index (χ3v) is 6.38. The van der Waals surface area contributed by atoms with Crippen molar-refractivity contribution < 1.29 is 14.4 Å². The zero-order valence-corrected chi connectivity index (χ0v) is 16.0. The first-order chi connectivity index (χ1) is 13.0. The molecule has 1 aromatic heterocycles. The van der Waals surface area contributed by atoms with Gasteiger partial charge in [-0.25, -0.2) is 9.88 Å². The molecular formula is C19H15N3O3S2. The van der Waals surface area contributed by atoms with Crippen LogP contribution < -0.4 is 10.2 Å². The van der Waals surface area contributed by atoms with Crippen LogP contribution >= 0.6 is 23.1 Å². The summed E-state index contributed by atoms with van der Waals surface area (Å²) in [6.45, 7) is 1.42. The van der Waals surface area contributed by atoms with E-state index in [4.69, 9.17) is 0 Å². The molecule has 1 saturated heterocycles. The van der Waals surface area contributed by atoms with Gasteiger partial charge in [0, 0.05) is 19.0 Å². The van der Waals surface area contributed by atoms with E-state index in [1.165, 1.54) is 34.9 Å². The molecule has 136 valence electrons. The van der Waals surface area contributed by atoms with Crippen LogP contribution in [0.1, 0.15) is 13.3 Å². The molecule has 3 amide bonds. The van der Waals surface area contributed by atoms with Crippen molar-refractivity contribution in [1.82, 2.24) is 4.98 Å². The Morgan fingerprint density at radius 1 is 1.19 bits per heavy atom. The summed E-state index contributed by atoms with van der Waals surface area (Å²) in [6, 6.07) is 14.5. The molecule has 2 aromatic carbocycles. The van der Waals surface area contributed by atoms with E-state index in [9.17, 15) is 14.4 Å². The number of para-hydroxylation sites is 1. The third-order valence-electron chi connectivity index (χ3n) is 4.07. The molecule has 0 radical (unpaired) electrons. The molecular weight excluding hydrogens is 382 g/mol. The van der Waals surface area contributed by atoms with Gasteiger partial charge in [0.1, 0.15) is 5.25 Å². The van der Waals surface area contributed by atoms with Gasteiger partial charge < -0.3 is 5.32 Å². The number of carbonyl (C=O) groups excluding carboxylic acids is 3. The number of hydrogen-bond acceptors (Lipinski definition) is 6. The van der Waals surface area contributed by atoms with Crippen LogP contribution in [0.25, 0.3) is 10.2 Å². The maximum Gasteiger partial charge on any atom is 0.247 e. The summed E-state index contributed by atoms with van der Waals surface area (Å²) >= 11 is 2.86. The second-order valence-corrected chi connectivity index (χ2v) is 8.53. The molecule has 2 heterocycles. The Hall–Kier alpha value is -2.71. The maximum atomic E-state index is 12.8. The number of fused-ring (bicyclic) bond motifs is 1. The molecule has 27 heavy (non-hydrogen) atoms. The van der Waals surface area contributed by atoms with E-state index in [1.807, 2.05) is 24.3 Å². The highest BCUT2D eigenvalue weighted by atomic mass is 32.2. The van der Waals surface area contributed by atoms with Crippen molar-refractivity contribution in [2.24, 2.45) is 0 Å². The smallest absolute Gasteiger partial charge is 0.247 e. The van der Waals surface area contributed by atoms with Crippen molar-refractivity contribution in [3.05, 3.63) is 48.5 Å². The predicted molar refractivity (Wildman–Crippen MR) is 107 cm³/mol. The topological polar surface area (TPSA) is 79.4 Å². The Balaban J connectivity index is 1.52. The molecule has 6 nitrogen and oxygen atoms in total. The number of hydrogen-bond donors (Lipinski definition) is 1. The van der Waals surface area contributed by atoms with Crippen LogP contribution in [-0.4, -0.2) is 28.0 Å². The van der Waals surface area contributed by atoms with Gasteiger partial charge in [-0.3, -0.25) is 14.4 Å². The number of amides is 3. The lowest BCUT2D eigenvalue weighted by Crippen LogP contribution is -2.31. The van der Waals surface area contributed by atoms with E-state index in [1.54, 1.807) is 24.3 Å². The van der Waals surface area contributed by atoms with Crippen LogP contribution in [0.15, 0.2) is 52.9 Å². The number of aromatic nitrogens is 1. The lowest BCUT2D eigenvalue weighted by Gasteiger charge is -2.15. The largest absolute Gasteiger partial charge is 0.326 e. The Labute approximate surface area is 163 Å². The first-order valence-corrected chi connectivity index (χ1v) is 9.97. The molecule has 0 saturated carbocycles. The molecule has 1 atom stereocenters. The second-order valence-electron chi connectivity index (χ2n) is 6.05. The molecule has 0 bridgehead atoms. The Bertz CT molecular complexity index is 1010. The van der Waals surface area contributed by atoms with Gasteiger partial charge in [-0.15, -0.1) is 11.3 Å². The van der Waals surface area contributed by atoms with Gasteiger partial charge in [0.05, 0.1) is 15.9 Å². The van der Waals surface area contributed by atoms with Crippen LogP contribution in [0.2, 0.25) is 0 Å². The quantitative estimate of drug-likeness (QED) is 0.680. The molecule has 1 N–H and O–H groups in total. The van der Waals surface area contributed by atoms with Gasteiger partial charge in [-0.2, -0.15) is 0 Å². The number of imide groups is 1. The van der Waals surface area contributed by atoms with Crippen molar-refractivity contribution >= 4 is 62.4 Å². The lowest BCUT2D eigenvalue weighted by molar-refractivity contribution is -0.121. The summed E-state index contributed by atoms with van der Waals surface area (Å²) in [5, 5.41) is 2.18. The van der Waals surface area contributed by atoms with Gasteiger partial charge in [-0.1, -0.05) is 23.9 Å². The molecule has 4 rings (SSSR count). The second kappa shape index (κ2) is 7.13. The third kappa shape index (κ3) is 3.58. The highest BCUT2D eigenvalue weighted by Crippen LogP contribution is 2.37. The molecule has 1 aliphatic heterocycles. The highest BCUT2D eigenvalue weighted by molar-refractivity contribution is 8.02. The zero-order chi connectivity index (χ0) is 19.0. The maximum absolute atomic E-state index is 12.8. The van der Waals surface area contributed by atoms with Crippen molar-refractivity contribution in [2.45, 2.75) is 22.9 Å². The Morgan fingerprint density at radius 3 is 2.63 bits per heavy atom. The molecule has 8 heteroatoms. The van der Waals surface area contributed by atoms with Crippen molar-refractivity contribution in [2.75, 3.05) is 10.2 Å². The van der Waals surface area contributed by atoms with E-state index in [2.05, 4.69) is 10.3 Å². The average molecular weight is 397 g/mol. The summed E-state index contributed by atoms with van der Waals surface area (Å²) in [4.78, 5) is 42.1. The van der Waals surface area contributed by atoms with E-state index in [0.717, 1.165) is 14.6 Å². The molecule has 3 aromatic rings. The normalized spacial score (nSPS) is 16.9. The summed E-state index contributed by atoms with van der Waals surface area (Å²) in [5.41, 5.74) is 2.02. The molecule has 0 spiro atoms. The number of anilines is 2. The molecule has 0 aliphatic carbocycles. The SMILES string of the molecule is CC(=O)Nc1ccc(N2C(=O)C[C@@H](Sc3nc4ccccc4s3)C2=O)cc1. The number of thiazole rings is 1. The fraction of sp³-hybridized carbons (Fsp3) is 0.158. The molecule has 1 aliphatic rings. The van der Waals surface area contributed by atoms with Gasteiger partial charge in [-0.05, 0) is 36.4 Å². The first-order valence-electron chi connectivity index (χ1n) is 8.28. The highest BCUT2D eigenvalue weighted by Gasteiger charge is 2.40. The summed E-state index contributed by atoms with van der Waals surface area (Å²) in [6.07, 6.45) is 0.146. The Kier molecular flexibility index (Phi) is 4.67. The van der Waals surface area contributed by atoms with Crippen molar-refractivity contribution in [1.29, 1.82) is 0 Å². The van der Waals surface area contributed by atoms with Crippen LogP contribution in [0, 0.1) is 0 Å². The average Bonchev–Trinajstić information content (AvgIpc) is 3.16. The zero-order valence-electron chi connectivity index (χ0n) is 14.3. The summed E-state index contributed by atoms with van der Waals surface area (Å²) in [7, 11) is 0. The van der Waals surface area contributed by atoms with Crippen molar-refractivity contribution in [3.63, 3.8) is 0 Å². The first kappa shape index (κ1) is 17.7. The van der Waals surface area contributed by atoms with Crippen LogP contribution in [0.4, 0.5) is 11.4 Å². The van der Waals surface area contributed by atoms with E-state index < -0.39 is 5.25 Å². The predicted octanol–water partition coefficient (Wildman–Crippen LogP) is 3.68. The van der Waals surface area contributed by atoms with Crippen molar-refractivity contribution in [3.8, 4) is 0 Å². The fourth-order valence-corrected chi connectivity index (χ4v) is 5.22. The number of benzene rings is 2. The minimum absolute atomic E-state index is 0.146. The standard InChI is InChI=1S/C19H15N3O3S2/c1-11(23)20-12-6-8-13(9-7-12)22-17(24)10-16(18(22)25)27-19-21-14-4-2-3-5-15(14)26-19/h2-9,16H,10H2,1H3,(H,20,23)/t16-/m1/s1. The van der Waals surface area contributed by atoms with Gasteiger partial charge in [0.25, 0.3) is 0 Å². The molecule has 1 fully saturated rings. The van der Waals surface area contributed by atoms with E-state index in [-0.39, 0.29) is 24.1 Å². The Morgan fingerprint density at radius 2 is 1.93 bits per heavy atom. The number of carbonyl (C=O) groups is 3. The monoisotopic (exact) mass is 397 g/mol. The lowest BCUT2D eigenvalue weighted by atomic mass is 10.2. The number of nitrogens with zero attached hydrogens (tertiary/aromatic N) is 2. The minimum atomic E-state index is -0.479. The van der Waals surface area contributed by atoms with Gasteiger partial charge >= 0.3 is 0 Å². The van der Waals surface area contributed by atoms with Crippen LogP contribution in [-0.2, 0) is 14.4 Å². The fourth-order valence-electron chi connectivity index (χ4n) is 2.89.